The minimum atomic E-state index is -0.237. The van der Waals surface area contributed by atoms with Crippen LogP contribution in [0.2, 0.25) is 0 Å². The van der Waals surface area contributed by atoms with E-state index in [2.05, 4.69) is 27.5 Å². The van der Waals surface area contributed by atoms with Gasteiger partial charge in [0.15, 0.2) is 12.0 Å². The number of benzene rings is 1. The number of imidazole rings is 1. The van der Waals surface area contributed by atoms with Crippen LogP contribution in [0.1, 0.15) is 18.4 Å². The van der Waals surface area contributed by atoms with Crippen molar-refractivity contribution < 1.29 is 14.3 Å². The fraction of sp³-hybridized carbons (Fsp3) is 0.478. The molecule has 2 saturated heterocycles. The fourth-order valence-electron chi connectivity index (χ4n) is 4.02. The van der Waals surface area contributed by atoms with Crippen molar-refractivity contribution in [2.45, 2.75) is 12.8 Å². The van der Waals surface area contributed by atoms with Crippen molar-refractivity contribution in [3.63, 3.8) is 0 Å². The summed E-state index contributed by atoms with van der Waals surface area (Å²) >= 11 is 0. The second-order valence-electron chi connectivity index (χ2n) is 8.13. The summed E-state index contributed by atoms with van der Waals surface area (Å²) in [7, 11) is 0. The van der Waals surface area contributed by atoms with Gasteiger partial charge in [-0.3, -0.25) is 9.69 Å². The van der Waals surface area contributed by atoms with Crippen LogP contribution in [0.15, 0.2) is 30.7 Å². The van der Waals surface area contributed by atoms with E-state index in [0.29, 0.717) is 48.9 Å². The first-order chi connectivity index (χ1) is 16.2. The van der Waals surface area contributed by atoms with Crippen LogP contribution in [0.5, 0.6) is 5.75 Å². The second kappa shape index (κ2) is 10.8. The van der Waals surface area contributed by atoms with Gasteiger partial charge in [0.2, 0.25) is 5.91 Å². The van der Waals surface area contributed by atoms with Crippen LogP contribution in [-0.4, -0.2) is 77.8 Å². The molecule has 0 bridgehead atoms. The summed E-state index contributed by atoms with van der Waals surface area (Å²) in [6.07, 6.45) is 6.85. The first kappa shape index (κ1) is 22.6. The Morgan fingerprint density at radius 1 is 1.27 bits per heavy atom. The van der Waals surface area contributed by atoms with Crippen molar-refractivity contribution in [3.05, 3.63) is 36.3 Å². The lowest BCUT2D eigenvalue weighted by Crippen LogP contribution is -2.37. The van der Waals surface area contributed by atoms with Crippen LogP contribution in [0.25, 0.3) is 5.69 Å². The SMILES string of the molecule is N#Cc1ccc(OCCCN2CCOCC2)cc1-n1cnc(NC(=O)[C@H]2CCN(C#N)C2)c1. The van der Waals surface area contributed by atoms with E-state index in [0.717, 1.165) is 39.3 Å². The highest BCUT2D eigenvalue weighted by molar-refractivity contribution is 5.92. The molecule has 2 aromatic rings. The maximum Gasteiger partial charge on any atom is 0.230 e. The summed E-state index contributed by atoms with van der Waals surface area (Å²) in [6.45, 7) is 6.04. The third-order valence-corrected chi connectivity index (χ3v) is 5.89. The lowest BCUT2D eigenvalue weighted by Gasteiger charge is -2.26. The Hall–Kier alpha value is -3.60. The van der Waals surface area contributed by atoms with Crippen molar-refractivity contribution in [1.82, 2.24) is 19.4 Å². The van der Waals surface area contributed by atoms with Gasteiger partial charge >= 0.3 is 0 Å². The Labute approximate surface area is 192 Å². The number of nitriles is 2. The number of carbonyl (C=O) groups excluding carboxylic acids is 1. The summed E-state index contributed by atoms with van der Waals surface area (Å²) in [6, 6.07) is 7.51. The smallest absolute Gasteiger partial charge is 0.230 e. The standard InChI is InChI=1S/C23H27N7O3/c24-13-18-2-3-20(33-9-1-5-28-7-10-32-11-8-28)12-21(18)30-15-22(26-17-30)27-23(31)19-4-6-29(14-19)16-25/h2-3,12,15,17,19H,1,4-11,14H2,(H,27,31)/t19-/m0/s1. The maximum atomic E-state index is 12.5. The molecule has 3 heterocycles. The number of hydrogen-bond donors (Lipinski definition) is 1. The number of aromatic nitrogens is 2. The van der Waals surface area contributed by atoms with Crippen LogP contribution in [0, 0.1) is 28.7 Å². The second-order valence-corrected chi connectivity index (χ2v) is 8.13. The largest absolute Gasteiger partial charge is 0.493 e. The number of likely N-dealkylation sites (tertiary alicyclic amines) is 1. The number of carbonyl (C=O) groups is 1. The molecular weight excluding hydrogens is 422 g/mol. The molecular formula is C23H27N7O3. The van der Waals surface area contributed by atoms with Crippen LogP contribution in [0.4, 0.5) is 5.82 Å². The Morgan fingerprint density at radius 2 is 2.12 bits per heavy atom. The average molecular weight is 450 g/mol. The molecule has 1 aromatic carbocycles. The van der Waals surface area contributed by atoms with Gasteiger partial charge in [0.05, 0.1) is 43.2 Å². The first-order valence-corrected chi connectivity index (χ1v) is 11.1. The number of nitrogens with one attached hydrogen (secondary N) is 1. The van der Waals surface area contributed by atoms with Gasteiger partial charge in [0.1, 0.15) is 18.1 Å². The highest BCUT2D eigenvalue weighted by Crippen LogP contribution is 2.23. The molecule has 0 saturated carbocycles. The molecule has 1 amide bonds. The predicted molar refractivity (Wildman–Crippen MR) is 120 cm³/mol. The van der Waals surface area contributed by atoms with E-state index in [1.807, 2.05) is 6.07 Å². The molecule has 172 valence electrons. The highest BCUT2D eigenvalue weighted by atomic mass is 16.5. The maximum absolute atomic E-state index is 12.5. The lowest BCUT2D eigenvalue weighted by atomic mass is 10.1. The van der Waals surface area contributed by atoms with Crippen molar-refractivity contribution in [2.24, 2.45) is 5.92 Å². The van der Waals surface area contributed by atoms with E-state index < -0.39 is 0 Å². The number of nitrogens with zero attached hydrogens (tertiary/aromatic N) is 6. The molecule has 4 rings (SSSR count). The first-order valence-electron chi connectivity index (χ1n) is 11.1. The van der Waals surface area contributed by atoms with Gasteiger partial charge in [0.25, 0.3) is 0 Å². The third kappa shape index (κ3) is 5.80. The van der Waals surface area contributed by atoms with Gasteiger partial charge in [0, 0.05) is 38.8 Å². The third-order valence-electron chi connectivity index (χ3n) is 5.89. The normalized spacial score (nSPS) is 18.5. The average Bonchev–Trinajstić information content (AvgIpc) is 3.52. The minimum Gasteiger partial charge on any atom is -0.493 e. The molecule has 1 atom stereocenters. The number of hydrogen-bond acceptors (Lipinski definition) is 8. The van der Waals surface area contributed by atoms with Gasteiger partial charge in [-0.05, 0) is 25.0 Å². The number of amides is 1. The van der Waals surface area contributed by atoms with E-state index in [1.165, 1.54) is 0 Å². The Kier molecular flexibility index (Phi) is 7.40. The molecule has 0 aliphatic carbocycles. The molecule has 33 heavy (non-hydrogen) atoms. The summed E-state index contributed by atoms with van der Waals surface area (Å²) in [5.74, 6) is 0.679. The molecule has 1 aromatic heterocycles. The zero-order valence-electron chi connectivity index (χ0n) is 18.4. The van der Waals surface area contributed by atoms with Crippen molar-refractivity contribution >= 4 is 11.7 Å². The monoisotopic (exact) mass is 449 g/mol. The van der Waals surface area contributed by atoms with Gasteiger partial charge in [-0.25, -0.2) is 4.98 Å². The van der Waals surface area contributed by atoms with Crippen LogP contribution in [-0.2, 0) is 9.53 Å². The van der Waals surface area contributed by atoms with E-state index in [9.17, 15) is 10.1 Å². The van der Waals surface area contributed by atoms with Gasteiger partial charge in [-0.2, -0.15) is 10.5 Å². The number of rotatable bonds is 8. The lowest BCUT2D eigenvalue weighted by molar-refractivity contribution is -0.119. The molecule has 0 radical (unpaired) electrons. The molecule has 10 nitrogen and oxygen atoms in total. The molecule has 1 N–H and O–H groups in total. The number of ether oxygens (including phenoxy) is 2. The molecule has 0 unspecified atom stereocenters. The fourth-order valence-corrected chi connectivity index (χ4v) is 4.02. The van der Waals surface area contributed by atoms with E-state index in [1.54, 1.807) is 34.1 Å². The number of anilines is 1. The molecule has 2 aliphatic heterocycles. The van der Waals surface area contributed by atoms with Crippen molar-refractivity contribution in [1.29, 1.82) is 10.5 Å². The summed E-state index contributed by atoms with van der Waals surface area (Å²) < 4.78 is 13.0. The minimum absolute atomic E-state index is 0.157. The molecule has 2 aliphatic rings. The molecule has 10 heteroatoms. The zero-order valence-corrected chi connectivity index (χ0v) is 18.4. The van der Waals surface area contributed by atoms with Crippen molar-refractivity contribution in [3.8, 4) is 23.7 Å². The van der Waals surface area contributed by atoms with E-state index in [4.69, 9.17) is 14.7 Å². The van der Waals surface area contributed by atoms with Gasteiger partial charge < -0.3 is 24.3 Å². The summed E-state index contributed by atoms with van der Waals surface area (Å²) in [5.41, 5.74) is 1.11. The Morgan fingerprint density at radius 3 is 2.88 bits per heavy atom. The Bertz CT molecular complexity index is 1050. The Balaban J connectivity index is 1.35. The quantitative estimate of drug-likeness (QED) is 0.477. The zero-order chi connectivity index (χ0) is 23.0. The summed E-state index contributed by atoms with van der Waals surface area (Å²) in [4.78, 5) is 20.7. The van der Waals surface area contributed by atoms with Crippen molar-refractivity contribution in [2.75, 3.05) is 57.9 Å². The van der Waals surface area contributed by atoms with Crippen LogP contribution >= 0.6 is 0 Å². The van der Waals surface area contributed by atoms with Crippen LogP contribution in [0.3, 0.4) is 0 Å². The highest BCUT2D eigenvalue weighted by Gasteiger charge is 2.28. The number of morpholine rings is 1. The topological polar surface area (TPSA) is 119 Å². The molecule has 0 spiro atoms. The van der Waals surface area contributed by atoms with Gasteiger partial charge in [-0.15, -0.1) is 0 Å². The van der Waals surface area contributed by atoms with Gasteiger partial charge in [-0.1, -0.05) is 0 Å². The van der Waals surface area contributed by atoms with Crippen LogP contribution < -0.4 is 10.1 Å². The summed E-state index contributed by atoms with van der Waals surface area (Å²) in [5, 5.41) is 21.3. The molecule has 2 fully saturated rings. The van der Waals surface area contributed by atoms with E-state index in [-0.39, 0.29) is 11.8 Å². The van der Waals surface area contributed by atoms with E-state index >= 15 is 0 Å². The predicted octanol–water partition coefficient (Wildman–Crippen LogP) is 1.59.